The topological polar surface area (TPSA) is 29.3 Å². The van der Waals surface area contributed by atoms with Crippen molar-refractivity contribution in [3.05, 3.63) is 30.3 Å². The molecule has 2 N–H and O–H groups in total. The van der Waals surface area contributed by atoms with Crippen molar-refractivity contribution in [1.29, 1.82) is 0 Å². The van der Waals surface area contributed by atoms with Gasteiger partial charge in [0.1, 0.15) is 0 Å². The van der Waals surface area contributed by atoms with Crippen molar-refractivity contribution in [1.82, 2.24) is 0 Å². The normalized spacial score (nSPS) is 12.9. The van der Waals surface area contributed by atoms with Crippen LogP contribution < -0.4 is 10.6 Å². The highest BCUT2D eigenvalue weighted by molar-refractivity contribution is 5.45. The van der Waals surface area contributed by atoms with E-state index in [4.69, 9.17) is 5.73 Å². The molecule has 0 saturated carbocycles. The van der Waals surface area contributed by atoms with Crippen LogP contribution in [0.2, 0.25) is 0 Å². The second kappa shape index (κ2) is 5.76. The molecule has 1 aromatic carbocycles. The summed E-state index contributed by atoms with van der Waals surface area (Å²) >= 11 is 0. The molecule has 1 atom stereocenters. The van der Waals surface area contributed by atoms with E-state index in [1.165, 1.54) is 5.69 Å². The van der Waals surface area contributed by atoms with Gasteiger partial charge in [-0.25, -0.2) is 0 Å². The summed E-state index contributed by atoms with van der Waals surface area (Å²) in [6.07, 6.45) is 0. The monoisotopic (exact) mass is 206 g/mol. The zero-order valence-corrected chi connectivity index (χ0v) is 9.98. The Bertz CT molecular complexity index is 269. The van der Waals surface area contributed by atoms with Crippen molar-refractivity contribution < 1.29 is 0 Å². The molecule has 0 fully saturated rings. The van der Waals surface area contributed by atoms with Crippen molar-refractivity contribution >= 4 is 5.69 Å². The minimum atomic E-state index is 0.241. The van der Waals surface area contributed by atoms with Crippen molar-refractivity contribution in [3.8, 4) is 0 Å². The van der Waals surface area contributed by atoms with Crippen molar-refractivity contribution in [2.24, 2.45) is 11.7 Å². The molecule has 0 aliphatic carbocycles. The number of benzene rings is 1. The Kier molecular flexibility index (Phi) is 4.63. The van der Waals surface area contributed by atoms with E-state index in [2.05, 4.69) is 49.9 Å². The fourth-order valence-electron chi connectivity index (χ4n) is 1.52. The third-order valence-corrected chi connectivity index (χ3v) is 2.79. The highest BCUT2D eigenvalue weighted by atomic mass is 15.1. The Hall–Kier alpha value is -1.02. The van der Waals surface area contributed by atoms with Gasteiger partial charge in [-0.05, 0) is 25.0 Å². The summed E-state index contributed by atoms with van der Waals surface area (Å²) in [7, 11) is 0. The molecule has 0 saturated heterocycles. The smallest absolute Gasteiger partial charge is 0.0366 e. The number of hydrogen-bond acceptors (Lipinski definition) is 2. The molecule has 0 amide bonds. The first kappa shape index (κ1) is 12.1. The molecule has 84 valence electrons. The molecule has 1 rings (SSSR count). The van der Waals surface area contributed by atoms with Crippen LogP contribution in [0.1, 0.15) is 20.8 Å². The molecule has 0 spiro atoms. The van der Waals surface area contributed by atoms with Crippen LogP contribution in [0.5, 0.6) is 0 Å². The van der Waals surface area contributed by atoms with E-state index < -0.39 is 0 Å². The lowest BCUT2D eigenvalue weighted by Crippen LogP contribution is -2.40. The standard InChI is InChI=1S/C13H22N2/c1-4-15(10-13(14)11(2)3)12-8-6-5-7-9-12/h5-9,11,13H,4,10,14H2,1-3H3/t13-/m1/s1. The van der Waals surface area contributed by atoms with Crippen LogP contribution in [0, 0.1) is 5.92 Å². The van der Waals surface area contributed by atoms with E-state index in [1.54, 1.807) is 0 Å². The number of anilines is 1. The summed E-state index contributed by atoms with van der Waals surface area (Å²) in [5.74, 6) is 0.530. The van der Waals surface area contributed by atoms with Gasteiger partial charge in [-0.1, -0.05) is 32.0 Å². The van der Waals surface area contributed by atoms with Crippen LogP contribution in [0.25, 0.3) is 0 Å². The maximum absolute atomic E-state index is 6.09. The highest BCUT2D eigenvalue weighted by Gasteiger charge is 2.12. The summed E-state index contributed by atoms with van der Waals surface area (Å²) in [5, 5.41) is 0. The maximum atomic E-state index is 6.09. The van der Waals surface area contributed by atoms with Gasteiger partial charge in [-0.15, -0.1) is 0 Å². The molecular formula is C13H22N2. The molecule has 1 aromatic rings. The third kappa shape index (κ3) is 3.56. The van der Waals surface area contributed by atoms with Gasteiger partial charge in [0.15, 0.2) is 0 Å². The lowest BCUT2D eigenvalue weighted by Gasteiger charge is -2.28. The predicted molar refractivity (Wildman–Crippen MR) is 67.1 cm³/mol. The van der Waals surface area contributed by atoms with Crippen LogP contribution in [0.15, 0.2) is 30.3 Å². The number of nitrogens with two attached hydrogens (primary N) is 1. The van der Waals surface area contributed by atoms with E-state index in [9.17, 15) is 0 Å². The van der Waals surface area contributed by atoms with Crippen molar-refractivity contribution in [2.45, 2.75) is 26.8 Å². The van der Waals surface area contributed by atoms with Gasteiger partial charge in [0.25, 0.3) is 0 Å². The van der Waals surface area contributed by atoms with Crippen LogP contribution in [-0.4, -0.2) is 19.1 Å². The second-order valence-electron chi connectivity index (χ2n) is 4.28. The second-order valence-corrected chi connectivity index (χ2v) is 4.28. The molecule has 0 unspecified atom stereocenters. The zero-order valence-electron chi connectivity index (χ0n) is 9.98. The summed E-state index contributed by atoms with van der Waals surface area (Å²) in [6, 6.07) is 10.7. The predicted octanol–water partition coefficient (Wildman–Crippen LogP) is 2.50. The van der Waals surface area contributed by atoms with Crippen LogP contribution in [-0.2, 0) is 0 Å². The van der Waals surface area contributed by atoms with Crippen LogP contribution >= 0.6 is 0 Å². The van der Waals surface area contributed by atoms with Gasteiger partial charge in [-0.3, -0.25) is 0 Å². The van der Waals surface area contributed by atoms with Gasteiger partial charge in [0.05, 0.1) is 0 Å². The number of nitrogens with zero attached hydrogens (tertiary/aromatic N) is 1. The van der Waals surface area contributed by atoms with Gasteiger partial charge in [0.2, 0.25) is 0 Å². The number of para-hydroxylation sites is 1. The maximum Gasteiger partial charge on any atom is 0.0366 e. The van der Waals surface area contributed by atoms with Gasteiger partial charge in [0, 0.05) is 24.8 Å². The van der Waals surface area contributed by atoms with E-state index in [-0.39, 0.29) is 6.04 Å². The molecule has 0 aliphatic heterocycles. The minimum absolute atomic E-state index is 0.241. The molecule has 0 aliphatic rings. The van der Waals surface area contributed by atoms with Crippen molar-refractivity contribution in [2.75, 3.05) is 18.0 Å². The number of hydrogen-bond donors (Lipinski definition) is 1. The third-order valence-electron chi connectivity index (χ3n) is 2.79. The fraction of sp³-hybridized carbons (Fsp3) is 0.538. The Morgan fingerprint density at radius 3 is 2.27 bits per heavy atom. The zero-order chi connectivity index (χ0) is 11.3. The first-order valence-electron chi connectivity index (χ1n) is 5.70. The van der Waals surface area contributed by atoms with E-state index in [0.717, 1.165) is 13.1 Å². The fourth-order valence-corrected chi connectivity index (χ4v) is 1.52. The molecule has 0 radical (unpaired) electrons. The van der Waals surface area contributed by atoms with Crippen molar-refractivity contribution in [3.63, 3.8) is 0 Å². The summed E-state index contributed by atoms with van der Waals surface area (Å²) in [5.41, 5.74) is 7.35. The van der Waals surface area contributed by atoms with Crippen LogP contribution in [0.3, 0.4) is 0 Å². The first-order chi connectivity index (χ1) is 7.15. The van der Waals surface area contributed by atoms with E-state index in [1.807, 2.05) is 6.07 Å². The number of rotatable bonds is 5. The van der Waals surface area contributed by atoms with Crippen LogP contribution in [0.4, 0.5) is 5.69 Å². The highest BCUT2D eigenvalue weighted by Crippen LogP contribution is 2.14. The largest absolute Gasteiger partial charge is 0.370 e. The summed E-state index contributed by atoms with van der Waals surface area (Å²) in [4.78, 5) is 2.32. The Labute approximate surface area is 93.1 Å². The quantitative estimate of drug-likeness (QED) is 0.802. The SMILES string of the molecule is CCN(C[C@@H](N)C(C)C)c1ccccc1. The first-order valence-corrected chi connectivity index (χ1v) is 5.70. The molecule has 0 aromatic heterocycles. The van der Waals surface area contributed by atoms with E-state index in [0.29, 0.717) is 5.92 Å². The Morgan fingerprint density at radius 2 is 1.80 bits per heavy atom. The lowest BCUT2D eigenvalue weighted by molar-refractivity contribution is 0.487. The lowest BCUT2D eigenvalue weighted by atomic mass is 10.0. The van der Waals surface area contributed by atoms with Gasteiger partial charge in [-0.2, -0.15) is 0 Å². The summed E-state index contributed by atoms with van der Waals surface area (Å²) in [6.45, 7) is 8.44. The number of likely N-dealkylation sites (N-methyl/N-ethyl adjacent to an activating group) is 1. The molecular weight excluding hydrogens is 184 g/mol. The minimum Gasteiger partial charge on any atom is -0.370 e. The molecule has 0 heterocycles. The average molecular weight is 206 g/mol. The summed E-state index contributed by atoms with van der Waals surface area (Å²) < 4.78 is 0. The average Bonchev–Trinajstić information content (AvgIpc) is 2.26. The Balaban J connectivity index is 2.65. The van der Waals surface area contributed by atoms with E-state index >= 15 is 0 Å². The molecule has 0 bridgehead atoms. The van der Waals surface area contributed by atoms with Gasteiger partial charge >= 0.3 is 0 Å². The van der Waals surface area contributed by atoms with Gasteiger partial charge < -0.3 is 10.6 Å². The Morgan fingerprint density at radius 1 is 1.20 bits per heavy atom. The molecule has 15 heavy (non-hydrogen) atoms. The molecule has 2 nitrogen and oxygen atoms in total. The molecule has 2 heteroatoms.